The Morgan fingerprint density at radius 1 is 1.40 bits per heavy atom. The van der Waals surface area contributed by atoms with E-state index in [1.165, 1.54) is 0 Å². The van der Waals surface area contributed by atoms with Crippen LogP contribution < -0.4 is 16.0 Å². The smallest absolute Gasteiger partial charge is 0.251 e. The van der Waals surface area contributed by atoms with Crippen molar-refractivity contribution in [2.24, 2.45) is 4.99 Å². The molecule has 0 saturated heterocycles. The van der Waals surface area contributed by atoms with Crippen LogP contribution in [-0.4, -0.2) is 38.0 Å². The van der Waals surface area contributed by atoms with Crippen molar-refractivity contribution in [3.63, 3.8) is 0 Å². The summed E-state index contributed by atoms with van der Waals surface area (Å²) in [4.78, 5) is 16.2. The highest BCUT2D eigenvalue weighted by atomic mass is 127. The monoisotopic (exact) mass is 388 g/mol. The van der Waals surface area contributed by atoms with Crippen LogP contribution in [0.3, 0.4) is 0 Å². The van der Waals surface area contributed by atoms with Gasteiger partial charge in [0.25, 0.3) is 5.91 Å². The predicted molar refractivity (Wildman–Crippen MR) is 91.9 cm³/mol. The van der Waals surface area contributed by atoms with E-state index in [-0.39, 0.29) is 29.9 Å². The first-order valence-electron chi connectivity index (χ1n) is 6.63. The molecule has 1 aliphatic rings. The van der Waals surface area contributed by atoms with E-state index in [1.54, 1.807) is 0 Å². The quantitative estimate of drug-likeness (QED) is 0.538. The molecule has 0 radical (unpaired) electrons. The maximum absolute atomic E-state index is 11.9. The number of rotatable bonds is 4. The number of halogens is 1. The van der Waals surface area contributed by atoms with Crippen molar-refractivity contribution in [1.82, 2.24) is 16.0 Å². The SMILES string of the molecule is Cc1cccc(C(=O)NCCNC2=NCCCN2)c1.I. The van der Waals surface area contributed by atoms with E-state index in [9.17, 15) is 4.79 Å². The van der Waals surface area contributed by atoms with E-state index in [0.717, 1.165) is 31.0 Å². The van der Waals surface area contributed by atoms with Gasteiger partial charge in [-0.3, -0.25) is 9.79 Å². The summed E-state index contributed by atoms with van der Waals surface area (Å²) in [6, 6.07) is 7.58. The Morgan fingerprint density at radius 3 is 2.95 bits per heavy atom. The molecule has 20 heavy (non-hydrogen) atoms. The molecule has 1 aromatic carbocycles. The number of carbonyl (C=O) groups is 1. The second kappa shape index (κ2) is 8.78. The zero-order chi connectivity index (χ0) is 13.5. The van der Waals surface area contributed by atoms with Crippen molar-refractivity contribution < 1.29 is 4.79 Å². The van der Waals surface area contributed by atoms with Gasteiger partial charge in [0.15, 0.2) is 5.96 Å². The Bertz CT molecular complexity index is 476. The van der Waals surface area contributed by atoms with Crippen LogP contribution in [0.25, 0.3) is 0 Å². The molecule has 0 spiro atoms. The molecule has 5 nitrogen and oxygen atoms in total. The molecule has 1 heterocycles. The molecule has 6 heteroatoms. The largest absolute Gasteiger partial charge is 0.356 e. The third kappa shape index (κ3) is 5.36. The summed E-state index contributed by atoms with van der Waals surface area (Å²) in [7, 11) is 0. The van der Waals surface area contributed by atoms with Gasteiger partial charge in [-0.15, -0.1) is 24.0 Å². The number of benzene rings is 1. The van der Waals surface area contributed by atoms with Gasteiger partial charge in [0, 0.05) is 31.7 Å². The standard InChI is InChI=1S/C14H20N4O.HI/c1-11-4-2-5-12(10-11)13(19)15-8-9-18-14-16-6-3-7-17-14;/h2,4-5,10H,3,6-9H2,1H3,(H,15,19)(H2,16,17,18);1H. The summed E-state index contributed by atoms with van der Waals surface area (Å²) in [5, 5.41) is 9.22. The van der Waals surface area contributed by atoms with Gasteiger partial charge in [-0.25, -0.2) is 0 Å². The van der Waals surface area contributed by atoms with Crippen molar-refractivity contribution in [3.05, 3.63) is 35.4 Å². The van der Waals surface area contributed by atoms with Crippen LogP contribution >= 0.6 is 24.0 Å². The first-order chi connectivity index (χ1) is 9.25. The van der Waals surface area contributed by atoms with E-state index in [2.05, 4.69) is 20.9 Å². The topological polar surface area (TPSA) is 65.5 Å². The van der Waals surface area contributed by atoms with Crippen molar-refractivity contribution in [2.75, 3.05) is 26.2 Å². The normalized spacial score (nSPS) is 13.6. The van der Waals surface area contributed by atoms with Crippen LogP contribution in [0.4, 0.5) is 0 Å². The first-order valence-corrected chi connectivity index (χ1v) is 6.63. The number of nitrogens with zero attached hydrogens (tertiary/aromatic N) is 1. The fourth-order valence-corrected chi connectivity index (χ4v) is 1.90. The number of hydrogen-bond acceptors (Lipinski definition) is 4. The third-order valence-electron chi connectivity index (χ3n) is 2.88. The lowest BCUT2D eigenvalue weighted by Gasteiger charge is -2.16. The molecule has 2 rings (SSSR count). The highest BCUT2D eigenvalue weighted by Gasteiger charge is 2.05. The van der Waals surface area contributed by atoms with Crippen LogP contribution in [0.15, 0.2) is 29.3 Å². The summed E-state index contributed by atoms with van der Waals surface area (Å²) >= 11 is 0. The minimum absolute atomic E-state index is 0. The fourth-order valence-electron chi connectivity index (χ4n) is 1.90. The Labute approximate surface area is 136 Å². The van der Waals surface area contributed by atoms with Crippen molar-refractivity contribution >= 4 is 35.8 Å². The highest BCUT2D eigenvalue weighted by molar-refractivity contribution is 14.0. The van der Waals surface area contributed by atoms with Gasteiger partial charge in [-0.1, -0.05) is 17.7 Å². The van der Waals surface area contributed by atoms with Gasteiger partial charge < -0.3 is 16.0 Å². The molecule has 3 N–H and O–H groups in total. The molecule has 1 aromatic rings. The van der Waals surface area contributed by atoms with Crippen LogP contribution in [-0.2, 0) is 0 Å². The van der Waals surface area contributed by atoms with E-state index in [1.807, 2.05) is 31.2 Å². The zero-order valence-electron chi connectivity index (χ0n) is 11.6. The lowest BCUT2D eigenvalue weighted by Crippen LogP contribution is -2.43. The first kappa shape index (κ1) is 16.7. The molecule has 1 amide bonds. The van der Waals surface area contributed by atoms with Gasteiger partial charge >= 0.3 is 0 Å². The molecule has 0 bridgehead atoms. The zero-order valence-corrected chi connectivity index (χ0v) is 13.9. The van der Waals surface area contributed by atoms with Crippen molar-refractivity contribution in [1.29, 1.82) is 0 Å². The molecule has 0 unspecified atom stereocenters. The fraction of sp³-hybridized carbons (Fsp3) is 0.429. The summed E-state index contributed by atoms with van der Waals surface area (Å²) in [6.07, 6.45) is 1.08. The second-order valence-corrected chi connectivity index (χ2v) is 4.56. The summed E-state index contributed by atoms with van der Waals surface area (Å²) in [5.74, 6) is 0.792. The van der Waals surface area contributed by atoms with Crippen LogP contribution in [0, 0.1) is 6.92 Å². The minimum atomic E-state index is -0.0379. The van der Waals surface area contributed by atoms with Crippen molar-refractivity contribution in [3.8, 4) is 0 Å². The Morgan fingerprint density at radius 2 is 2.25 bits per heavy atom. The number of hydrogen-bond donors (Lipinski definition) is 3. The minimum Gasteiger partial charge on any atom is -0.356 e. The number of carbonyl (C=O) groups excluding carboxylic acids is 1. The molecule has 110 valence electrons. The van der Waals surface area contributed by atoms with Gasteiger partial charge in [0.2, 0.25) is 0 Å². The van der Waals surface area contributed by atoms with E-state index < -0.39 is 0 Å². The van der Waals surface area contributed by atoms with Gasteiger partial charge in [-0.05, 0) is 25.5 Å². The molecular weight excluding hydrogens is 367 g/mol. The van der Waals surface area contributed by atoms with Crippen molar-refractivity contribution in [2.45, 2.75) is 13.3 Å². The van der Waals surface area contributed by atoms with E-state index >= 15 is 0 Å². The Balaban J connectivity index is 0.00000200. The molecule has 1 aliphatic heterocycles. The number of aliphatic imine (C=N–C) groups is 1. The number of guanidine groups is 1. The Hall–Kier alpha value is -1.31. The number of amides is 1. The molecule has 0 atom stereocenters. The summed E-state index contributed by atoms with van der Waals surface area (Å²) in [5.41, 5.74) is 1.79. The summed E-state index contributed by atoms with van der Waals surface area (Å²) in [6.45, 7) is 5.05. The van der Waals surface area contributed by atoms with Crippen LogP contribution in [0.5, 0.6) is 0 Å². The lowest BCUT2D eigenvalue weighted by molar-refractivity contribution is 0.0954. The molecule has 0 fully saturated rings. The second-order valence-electron chi connectivity index (χ2n) is 4.56. The third-order valence-corrected chi connectivity index (χ3v) is 2.88. The maximum Gasteiger partial charge on any atom is 0.251 e. The van der Waals surface area contributed by atoms with E-state index in [0.29, 0.717) is 18.7 Å². The lowest BCUT2D eigenvalue weighted by atomic mass is 10.1. The molecule has 0 aromatic heterocycles. The number of nitrogens with one attached hydrogen (secondary N) is 3. The van der Waals surface area contributed by atoms with E-state index in [4.69, 9.17) is 0 Å². The van der Waals surface area contributed by atoms with Gasteiger partial charge in [0.1, 0.15) is 0 Å². The van der Waals surface area contributed by atoms with Crippen LogP contribution in [0.1, 0.15) is 22.3 Å². The molecule has 0 aliphatic carbocycles. The van der Waals surface area contributed by atoms with Crippen LogP contribution in [0.2, 0.25) is 0 Å². The van der Waals surface area contributed by atoms with Gasteiger partial charge in [-0.2, -0.15) is 0 Å². The average Bonchev–Trinajstić information content (AvgIpc) is 2.44. The Kier molecular flexibility index (Phi) is 7.35. The highest BCUT2D eigenvalue weighted by Crippen LogP contribution is 2.03. The molecule has 0 saturated carbocycles. The molecular formula is C14H21IN4O. The summed E-state index contributed by atoms with van der Waals surface area (Å²) < 4.78 is 0. The van der Waals surface area contributed by atoms with Gasteiger partial charge in [0.05, 0.1) is 0 Å². The maximum atomic E-state index is 11.9. The average molecular weight is 388 g/mol. The predicted octanol–water partition coefficient (Wildman–Crippen LogP) is 1.28. The number of aryl methyl sites for hydroxylation is 1.